The molecular formula is C19H13ClN2O4S. The number of benzene rings is 2. The van der Waals surface area contributed by atoms with Gasteiger partial charge in [-0.05, 0) is 24.3 Å². The van der Waals surface area contributed by atoms with Crippen molar-refractivity contribution in [2.45, 2.75) is 0 Å². The second kappa shape index (κ2) is 7.61. The van der Waals surface area contributed by atoms with Gasteiger partial charge in [0, 0.05) is 23.9 Å². The zero-order valence-electron chi connectivity index (χ0n) is 13.7. The van der Waals surface area contributed by atoms with Gasteiger partial charge in [-0.3, -0.25) is 4.40 Å². The molecule has 0 radical (unpaired) electrons. The molecule has 0 aliphatic heterocycles. The predicted octanol–water partition coefficient (Wildman–Crippen LogP) is 4.18. The van der Waals surface area contributed by atoms with Crippen LogP contribution in [0.5, 0.6) is 5.75 Å². The Morgan fingerprint density at radius 2 is 1.93 bits per heavy atom. The highest BCUT2D eigenvalue weighted by Crippen LogP contribution is 2.30. The highest BCUT2D eigenvalue weighted by molar-refractivity contribution is 7.23. The van der Waals surface area contributed by atoms with E-state index in [9.17, 15) is 9.59 Å². The number of hydrogen-bond donors (Lipinski definition) is 1. The van der Waals surface area contributed by atoms with Gasteiger partial charge >= 0.3 is 11.9 Å². The molecule has 0 saturated heterocycles. The van der Waals surface area contributed by atoms with E-state index < -0.39 is 11.9 Å². The first-order valence-electron chi connectivity index (χ1n) is 7.70. The molecule has 27 heavy (non-hydrogen) atoms. The first-order chi connectivity index (χ1) is 12.6. The zero-order valence-corrected chi connectivity index (χ0v) is 15.4. The summed E-state index contributed by atoms with van der Waals surface area (Å²) in [4.78, 5) is 27.6. The summed E-state index contributed by atoms with van der Waals surface area (Å²) in [5.74, 6) is -1.63. The molecule has 0 atom stereocenters. The van der Waals surface area contributed by atoms with Crippen molar-refractivity contribution < 1.29 is 19.4 Å². The van der Waals surface area contributed by atoms with Crippen molar-refractivity contribution in [2.75, 3.05) is 0 Å². The van der Waals surface area contributed by atoms with Gasteiger partial charge in [0.15, 0.2) is 4.96 Å². The normalized spacial score (nSPS) is 11.0. The van der Waals surface area contributed by atoms with Crippen LogP contribution in [0.25, 0.3) is 26.4 Å². The molecule has 1 N–H and O–H groups in total. The number of carbonyl (C=O) groups is 2. The Bertz CT molecular complexity index is 1180. The summed E-state index contributed by atoms with van der Waals surface area (Å²) in [5.41, 5.74) is 2.66. The van der Waals surface area contributed by atoms with E-state index in [1.54, 1.807) is 29.5 Å². The summed E-state index contributed by atoms with van der Waals surface area (Å²) in [5, 5.41) is 8.54. The van der Waals surface area contributed by atoms with E-state index in [2.05, 4.69) is 11.1 Å². The molecular weight excluding hydrogens is 388 g/mol. The number of halogens is 1. The number of thiazole rings is 1. The van der Waals surface area contributed by atoms with Crippen molar-refractivity contribution in [1.82, 2.24) is 9.38 Å². The maximum absolute atomic E-state index is 11.6. The van der Waals surface area contributed by atoms with Crippen LogP contribution >= 0.6 is 23.7 Å². The van der Waals surface area contributed by atoms with Crippen molar-refractivity contribution >= 4 is 50.9 Å². The summed E-state index contributed by atoms with van der Waals surface area (Å²) < 4.78 is 8.32. The molecule has 0 aliphatic carbocycles. The van der Waals surface area contributed by atoms with Crippen LogP contribution in [-0.4, -0.2) is 26.4 Å². The summed E-state index contributed by atoms with van der Waals surface area (Å²) >= 11 is 1.60. The number of rotatable bonds is 4. The number of imidazole rings is 1. The van der Waals surface area contributed by atoms with Crippen LogP contribution in [0.4, 0.5) is 0 Å². The fraction of sp³-hybridized carbons (Fsp3) is 0. The Balaban J connectivity index is 0.00000210. The fourth-order valence-electron chi connectivity index (χ4n) is 2.60. The number of carboxylic acid groups (broad SMARTS) is 1. The van der Waals surface area contributed by atoms with Crippen LogP contribution in [0.3, 0.4) is 0 Å². The van der Waals surface area contributed by atoms with Gasteiger partial charge in [-0.2, -0.15) is 0 Å². The van der Waals surface area contributed by atoms with E-state index in [1.807, 2.05) is 34.9 Å². The average molecular weight is 401 g/mol. The Labute approximate surface area is 163 Å². The molecule has 6 nitrogen and oxygen atoms in total. The number of esters is 1. The minimum Gasteiger partial charge on any atom is -0.478 e. The highest BCUT2D eigenvalue weighted by atomic mass is 35.5. The van der Waals surface area contributed by atoms with Crippen molar-refractivity contribution in [1.29, 1.82) is 0 Å². The molecule has 0 spiro atoms. The average Bonchev–Trinajstić information content (AvgIpc) is 3.18. The number of para-hydroxylation sites is 1. The number of carbonyl (C=O) groups excluding carboxylic acids is 1. The molecule has 2 aromatic heterocycles. The summed E-state index contributed by atoms with van der Waals surface area (Å²) in [6, 6.07) is 15.0. The van der Waals surface area contributed by atoms with Crippen molar-refractivity contribution in [2.24, 2.45) is 0 Å². The monoisotopic (exact) mass is 400 g/mol. The third-order valence-corrected chi connectivity index (χ3v) is 4.75. The molecule has 8 heteroatoms. The molecule has 2 heterocycles. The smallest absolute Gasteiger partial charge is 0.336 e. The largest absolute Gasteiger partial charge is 0.478 e. The van der Waals surface area contributed by atoms with Crippen LogP contribution in [0.1, 0.15) is 0 Å². The van der Waals surface area contributed by atoms with Crippen molar-refractivity contribution in [3.8, 4) is 17.0 Å². The van der Waals surface area contributed by atoms with E-state index in [-0.39, 0.29) is 12.4 Å². The first kappa shape index (κ1) is 18.6. The molecule has 2 aromatic carbocycles. The van der Waals surface area contributed by atoms with Gasteiger partial charge in [-0.15, -0.1) is 12.4 Å². The third-order valence-electron chi connectivity index (χ3n) is 3.71. The quantitative estimate of drug-likeness (QED) is 0.315. The van der Waals surface area contributed by atoms with Crippen LogP contribution in [-0.2, 0) is 9.59 Å². The minimum atomic E-state index is -1.21. The molecule has 0 saturated carbocycles. The lowest BCUT2D eigenvalue weighted by Crippen LogP contribution is -2.04. The molecule has 0 unspecified atom stereocenters. The van der Waals surface area contributed by atoms with Crippen molar-refractivity contribution in [3.63, 3.8) is 0 Å². The van der Waals surface area contributed by atoms with Crippen LogP contribution in [0, 0.1) is 0 Å². The number of carboxylic acids is 1. The lowest BCUT2D eigenvalue weighted by Gasteiger charge is -2.03. The van der Waals surface area contributed by atoms with Crippen LogP contribution in [0.15, 0.2) is 66.9 Å². The number of aromatic nitrogens is 2. The molecule has 0 amide bonds. The zero-order chi connectivity index (χ0) is 18.1. The summed E-state index contributed by atoms with van der Waals surface area (Å²) in [6.07, 6.45) is 3.55. The van der Waals surface area contributed by atoms with Gasteiger partial charge in [0.2, 0.25) is 0 Å². The molecule has 0 bridgehead atoms. The van der Waals surface area contributed by atoms with Gasteiger partial charge in [-0.25, -0.2) is 14.6 Å². The van der Waals surface area contributed by atoms with E-state index in [1.165, 1.54) is 0 Å². The Kier molecular flexibility index (Phi) is 5.25. The van der Waals surface area contributed by atoms with E-state index >= 15 is 0 Å². The van der Waals surface area contributed by atoms with E-state index in [0.717, 1.165) is 38.6 Å². The number of nitrogens with zero attached hydrogens (tertiary/aromatic N) is 2. The topological polar surface area (TPSA) is 80.9 Å². The lowest BCUT2D eigenvalue weighted by atomic mass is 10.1. The van der Waals surface area contributed by atoms with Crippen molar-refractivity contribution in [3.05, 3.63) is 66.9 Å². The maximum atomic E-state index is 11.6. The molecule has 4 rings (SSSR count). The van der Waals surface area contributed by atoms with Gasteiger partial charge < -0.3 is 9.84 Å². The van der Waals surface area contributed by atoms with Gasteiger partial charge in [-0.1, -0.05) is 35.6 Å². The highest BCUT2D eigenvalue weighted by Gasteiger charge is 2.11. The Hall–Kier alpha value is -3.16. The van der Waals surface area contributed by atoms with Gasteiger partial charge in [0.1, 0.15) is 5.75 Å². The second-order valence-electron chi connectivity index (χ2n) is 5.47. The standard InChI is InChI=1S/C19H12N2O4S.ClH/c22-17(23)8-9-18(24)25-13-5-3-4-12(10-13)14-11-21-15-6-1-2-7-16(15)26-19(21)20-14;/h1-11H,(H,22,23);1H/b9-8+;. The predicted molar refractivity (Wildman–Crippen MR) is 106 cm³/mol. The molecule has 0 aliphatic rings. The molecule has 0 fully saturated rings. The first-order valence-corrected chi connectivity index (χ1v) is 8.52. The molecule has 4 aromatic rings. The number of hydrogen-bond acceptors (Lipinski definition) is 5. The fourth-order valence-corrected chi connectivity index (χ4v) is 3.60. The lowest BCUT2D eigenvalue weighted by molar-refractivity contribution is -0.133. The van der Waals surface area contributed by atoms with Gasteiger partial charge in [0.25, 0.3) is 0 Å². The number of aliphatic carboxylic acids is 1. The Morgan fingerprint density at radius 3 is 2.74 bits per heavy atom. The van der Waals surface area contributed by atoms with E-state index in [0.29, 0.717) is 5.75 Å². The number of fused-ring (bicyclic) bond motifs is 3. The third kappa shape index (κ3) is 3.84. The maximum Gasteiger partial charge on any atom is 0.336 e. The Morgan fingerprint density at radius 1 is 1.11 bits per heavy atom. The van der Waals surface area contributed by atoms with Gasteiger partial charge in [0.05, 0.1) is 15.9 Å². The SMILES string of the molecule is Cl.O=C(O)/C=C/C(=O)Oc1cccc(-c2cn3c(n2)sc2ccccc23)c1. The minimum absolute atomic E-state index is 0. The second-order valence-corrected chi connectivity index (χ2v) is 6.48. The number of ether oxygens (including phenoxy) is 1. The van der Waals surface area contributed by atoms with E-state index in [4.69, 9.17) is 9.84 Å². The van der Waals surface area contributed by atoms with Crippen LogP contribution in [0.2, 0.25) is 0 Å². The molecule has 136 valence electrons. The summed E-state index contributed by atoms with van der Waals surface area (Å²) in [7, 11) is 0. The van der Waals surface area contributed by atoms with Crippen LogP contribution < -0.4 is 4.74 Å². The summed E-state index contributed by atoms with van der Waals surface area (Å²) in [6.45, 7) is 0.